The van der Waals surface area contributed by atoms with Crippen molar-refractivity contribution in [2.24, 2.45) is 28.6 Å². The third-order valence-electron chi connectivity index (χ3n) is 8.59. The minimum Gasteiger partial charge on any atom is -0.427 e. The van der Waals surface area contributed by atoms with Crippen LogP contribution in [0.15, 0.2) is 35.6 Å². The number of aliphatic hydroxyl groups excluding tert-OH is 1. The Morgan fingerprint density at radius 3 is 2.56 bits per heavy atom. The van der Waals surface area contributed by atoms with E-state index in [0.717, 1.165) is 0 Å². The van der Waals surface area contributed by atoms with Gasteiger partial charge in [0.25, 0.3) is 0 Å². The summed E-state index contributed by atoms with van der Waals surface area (Å²) in [5, 5.41) is 22.6. The second-order valence-electron chi connectivity index (χ2n) is 10.0. The van der Waals surface area contributed by atoms with Crippen molar-refractivity contribution in [1.29, 1.82) is 0 Å². The van der Waals surface area contributed by atoms with Crippen molar-refractivity contribution in [1.82, 2.24) is 0 Å². The van der Waals surface area contributed by atoms with Crippen LogP contribution in [0.2, 0.25) is 0 Å². The molecule has 2 fully saturated rings. The summed E-state index contributed by atoms with van der Waals surface area (Å²) in [6.07, 6.45) is 3.62. The molecule has 0 aromatic rings. The quantitative estimate of drug-likeness (QED) is 0.385. The van der Waals surface area contributed by atoms with E-state index < -0.39 is 63.5 Å². The first-order chi connectivity index (χ1) is 14.8. The summed E-state index contributed by atoms with van der Waals surface area (Å²) in [6.45, 7) is 5.95. The summed E-state index contributed by atoms with van der Waals surface area (Å²) < 4.78 is 22.5. The predicted molar refractivity (Wildman–Crippen MR) is 110 cm³/mol. The highest BCUT2D eigenvalue weighted by atomic mass is 19.1. The van der Waals surface area contributed by atoms with Crippen LogP contribution in [0.4, 0.5) is 4.39 Å². The molecule has 4 aliphatic carbocycles. The first kappa shape index (κ1) is 22.7. The van der Waals surface area contributed by atoms with Gasteiger partial charge in [0.05, 0.1) is 11.5 Å². The maximum absolute atomic E-state index is 17.2. The number of hydrogen-bond donors (Lipinski definition) is 2. The van der Waals surface area contributed by atoms with E-state index in [4.69, 9.17) is 4.74 Å². The predicted octanol–water partition coefficient (Wildman–Crippen LogP) is 1.77. The zero-order valence-electron chi connectivity index (χ0n) is 18.4. The summed E-state index contributed by atoms with van der Waals surface area (Å²) in [4.78, 5) is 47.8. The maximum Gasteiger partial charge on any atom is 0.308 e. The SMILES string of the molecule is CC(=O)OC1=C[C@H]2[C@@H]3CC(C)[C@](O)(C(=O)C=O)[C@@]3(C)CC(O)[C@]2(F)[C@@]2(C)C=CC(=O)C=C12. The van der Waals surface area contributed by atoms with Gasteiger partial charge in [-0.15, -0.1) is 0 Å². The number of Topliss-reactive ketones (excluding diaryl/α,β-unsaturated/α-hetero) is 1. The first-order valence-electron chi connectivity index (χ1n) is 10.7. The fraction of sp³-hybridized carbons (Fsp3) is 0.583. The van der Waals surface area contributed by atoms with Gasteiger partial charge in [0.15, 0.2) is 17.7 Å². The van der Waals surface area contributed by atoms with Gasteiger partial charge >= 0.3 is 5.97 Å². The number of alkyl halides is 1. The molecule has 0 aromatic carbocycles. The highest BCUT2D eigenvalue weighted by Crippen LogP contribution is 2.70. The van der Waals surface area contributed by atoms with Gasteiger partial charge in [-0.1, -0.05) is 19.9 Å². The second-order valence-corrected chi connectivity index (χ2v) is 10.0. The number of ketones is 2. The molecule has 7 nitrogen and oxygen atoms in total. The molecule has 0 aliphatic heterocycles. The molecule has 8 heteroatoms. The molecule has 4 rings (SSSR count). The van der Waals surface area contributed by atoms with E-state index in [1.165, 1.54) is 38.2 Å². The number of fused-ring (bicyclic) bond motifs is 5. The van der Waals surface area contributed by atoms with E-state index in [9.17, 15) is 29.4 Å². The van der Waals surface area contributed by atoms with Gasteiger partial charge in [-0.05, 0) is 49.8 Å². The Bertz CT molecular complexity index is 1030. The Morgan fingerprint density at radius 2 is 1.97 bits per heavy atom. The Morgan fingerprint density at radius 1 is 1.31 bits per heavy atom. The molecule has 0 heterocycles. The van der Waals surface area contributed by atoms with Crippen LogP contribution in [0, 0.1) is 28.6 Å². The molecule has 4 aliphatic rings. The van der Waals surface area contributed by atoms with Crippen molar-refractivity contribution in [2.75, 3.05) is 0 Å². The van der Waals surface area contributed by atoms with Crippen LogP contribution in [0.3, 0.4) is 0 Å². The number of carbonyl (C=O) groups excluding carboxylic acids is 4. The molecule has 0 saturated heterocycles. The molecule has 0 amide bonds. The molecule has 32 heavy (non-hydrogen) atoms. The van der Waals surface area contributed by atoms with Crippen LogP contribution in [0.25, 0.3) is 0 Å². The first-order valence-corrected chi connectivity index (χ1v) is 10.7. The number of halogens is 1. The molecule has 172 valence electrons. The zero-order valence-corrected chi connectivity index (χ0v) is 18.4. The third-order valence-corrected chi connectivity index (χ3v) is 8.59. The number of aldehydes is 1. The highest BCUT2D eigenvalue weighted by molar-refractivity contribution is 6.29. The molecule has 0 aromatic heterocycles. The minimum absolute atomic E-state index is 0.0252. The average molecular weight is 446 g/mol. The smallest absolute Gasteiger partial charge is 0.308 e. The van der Waals surface area contributed by atoms with Crippen LogP contribution in [0.1, 0.15) is 40.5 Å². The molecular weight excluding hydrogens is 419 g/mol. The molecular formula is C24H27FO7. The van der Waals surface area contributed by atoms with Crippen LogP contribution in [0.5, 0.6) is 0 Å². The fourth-order valence-electron chi connectivity index (χ4n) is 6.95. The lowest BCUT2D eigenvalue weighted by atomic mass is 9.46. The van der Waals surface area contributed by atoms with E-state index >= 15 is 4.39 Å². The maximum atomic E-state index is 17.2. The topological polar surface area (TPSA) is 118 Å². The van der Waals surface area contributed by atoms with Crippen molar-refractivity contribution >= 4 is 23.8 Å². The van der Waals surface area contributed by atoms with Crippen LogP contribution in [-0.2, 0) is 23.9 Å². The monoisotopic (exact) mass is 446 g/mol. The van der Waals surface area contributed by atoms with Crippen molar-refractivity contribution in [3.05, 3.63) is 35.6 Å². The Hall–Kier alpha value is -2.45. The van der Waals surface area contributed by atoms with Gasteiger partial charge in [-0.2, -0.15) is 0 Å². The lowest BCUT2D eigenvalue weighted by molar-refractivity contribution is -0.205. The van der Waals surface area contributed by atoms with Crippen LogP contribution >= 0.6 is 0 Å². The molecule has 0 spiro atoms. The Labute approximate surface area is 185 Å². The number of allylic oxidation sites excluding steroid dienone is 5. The molecule has 2 N–H and O–H groups in total. The van der Waals surface area contributed by atoms with Crippen molar-refractivity contribution in [3.63, 3.8) is 0 Å². The summed E-state index contributed by atoms with van der Waals surface area (Å²) >= 11 is 0. The number of ether oxygens (including phenoxy) is 1. The summed E-state index contributed by atoms with van der Waals surface area (Å²) in [7, 11) is 0. The highest BCUT2D eigenvalue weighted by Gasteiger charge is 2.75. The van der Waals surface area contributed by atoms with Gasteiger partial charge in [0, 0.05) is 23.8 Å². The van der Waals surface area contributed by atoms with Gasteiger partial charge in [0.2, 0.25) is 5.78 Å². The normalized spacial score (nSPS) is 46.9. The number of hydrogen-bond acceptors (Lipinski definition) is 7. The molecule has 8 atom stereocenters. The van der Waals surface area contributed by atoms with E-state index in [0.29, 0.717) is 0 Å². The lowest BCUT2D eigenvalue weighted by Crippen LogP contribution is -2.69. The molecule has 0 radical (unpaired) electrons. The third kappa shape index (κ3) is 2.48. The molecule has 0 bridgehead atoms. The number of aliphatic hydroxyl groups is 2. The van der Waals surface area contributed by atoms with Crippen molar-refractivity contribution in [3.8, 4) is 0 Å². The average Bonchev–Trinajstić information content (AvgIpc) is 2.92. The van der Waals surface area contributed by atoms with E-state index in [1.54, 1.807) is 13.8 Å². The largest absolute Gasteiger partial charge is 0.427 e. The lowest BCUT2D eigenvalue weighted by Gasteiger charge is -2.61. The number of carbonyl (C=O) groups is 4. The molecule has 2 unspecified atom stereocenters. The van der Waals surface area contributed by atoms with Gasteiger partial charge < -0.3 is 14.9 Å². The standard InChI is InChI=1S/C24H27FO7/c1-12-7-15-16-9-18(32-13(2)27)17-8-14(28)5-6-21(17,3)23(16,25)19(29)10-22(15,4)24(12,31)20(30)11-26/h5-6,8-9,11-12,15-16,19,29,31H,7,10H2,1-4H3/t12?,15-,16-,19?,21-,22-,23-,24-/m0/s1. The number of rotatable bonds is 3. The zero-order chi connectivity index (χ0) is 23.9. The Kier molecular flexibility index (Phi) is 4.81. The number of esters is 1. The van der Waals surface area contributed by atoms with E-state index in [1.807, 2.05) is 0 Å². The minimum atomic E-state index is -2.31. The van der Waals surface area contributed by atoms with E-state index in [2.05, 4.69) is 0 Å². The van der Waals surface area contributed by atoms with Crippen molar-refractivity contribution in [2.45, 2.75) is 57.9 Å². The van der Waals surface area contributed by atoms with Crippen molar-refractivity contribution < 1.29 is 38.5 Å². The summed E-state index contributed by atoms with van der Waals surface area (Å²) in [5.74, 6) is -4.38. The van der Waals surface area contributed by atoms with E-state index in [-0.39, 0.29) is 30.5 Å². The van der Waals surface area contributed by atoms with Gasteiger partial charge in [-0.25, -0.2) is 4.39 Å². The van der Waals surface area contributed by atoms with Crippen LogP contribution < -0.4 is 0 Å². The van der Waals surface area contributed by atoms with Crippen LogP contribution in [-0.4, -0.2) is 51.4 Å². The summed E-state index contributed by atoms with van der Waals surface area (Å²) in [6, 6.07) is 0. The second kappa shape index (κ2) is 6.78. The van der Waals surface area contributed by atoms with Gasteiger partial charge in [0.1, 0.15) is 11.4 Å². The fourth-order valence-corrected chi connectivity index (χ4v) is 6.95. The Balaban J connectivity index is 1.96. The van der Waals surface area contributed by atoms with Gasteiger partial charge in [-0.3, -0.25) is 19.2 Å². The summed E-state index contributed by atoms with van der Waals surface area (Å²) in [5.41, 5.74) is -7.00. The molecule has 2 saturated carbocycles.